The van der Waals surface area contributed by atoms with Gasteiger partial charge in [0.25, 0.3) is 0 Å². The van der Waals surface area contributed by atoms with Crippen molar-refractivity contribution in [2.45, 2.75) is 59.0 Å². The van der Waals surface area contributed by atoms with E-state index in [9.17, 15) is 24.0 Å². The summed E-state index contributed by atoms with van der Waals surface area (Å²) in [7, 11) is 0. The minimum absolute atomic E-state index is 0.0359. The number of carbonyl (C=O) groups excluding carboxylic acids is 5. The van der Waals surface area contributed by atoms with E-state index in [0.717, 1.165) is 19.9 Å². The van der Waals surface area contributed by atoms with Crippen LogP contribution in [0.3, 0.4) is 0 Å². The van der Waals surface area contributed by atoms with Crippen molar-refractivity contribution in [1.29, 1.82) is 0 Å². The van der Waals surface area contributed by atoms with Gasteiger partial charge in [-0.3, -0.25) is 24.0 Å². The minimum atomic E-state index is -1.17. The molecule has 0 saturated carbocycles. The topological polar surface area (TPSA) is 122 Å². The maximum absolute atomic E-state index is 12.0. The second kappa shape index (κ2) is 9.23. The monoisotopic (exact) mass is 370 g/mol. The van der Waals surface area contributed by atoms with Crippen LogP contribution in [0.2, 0.25) is 0 Å². The first-order chi connectivity index (χ1) is 12.0. The average Bonchev–Trinajstić information content (AvgIpc) is 2.79. The number of hydrogen-bond acceptors (Lipinski definition) is 9. The van der Waals surface area contributed by atoms with Gasteiger partial charge in [0.05, 0.1) is 0 Å². The van der Waals surface area contributed by atoms with Gasteiger partial charge >= 0.3 is 17.9 Å². The zero-order valence-corrected chi connectivity index (χ0v) is 15.3. The number of ether oxygens (including phenoxy) is 4. The van der Waals surface area contributed by atoms with E-state index in [1.165, 1.54) is 20.8 Å². The van der Waals surface area contributed by atoms with E-state index in [-0.39, 0.29) is 12.2 Å². The highest BCUT2D eigenvalue weighted by Gasteiger charge is 2.51. The maximum Gasteiger partial charge on any atom is 0.303 e. The second-order valence-electron chi connectivity index (χ2n) is 5.81. The van der Waals surface area contributed by atoms with Crippen LogP contribution in [0.1, 0.15) is 34.6 Å². The van der Waals surface area contributed by atoms with Crippen LogP contribution in [0.15, 0.2) is 11.6 Å². The molecule has 1 saturated heterocycles. The van der Waals surface area contributed by atoms with Crippen molar-refractivity contribution in [2.75, 3.05) is 6.61 Å². The number of carbonyl (C=O) groups is 5. The van der Waals surface area contributed by atoms with Crippen LogP contribution in [-0.4, -0.2) is 60.5 Å². The largest absolute Gasteiger partial charge is 0.463 e. The van der Waals surface area contributed by atoms with E-state index in [0.29, 0.717) is 0 Å². The molecule has 1 aliphatic heterocycles. The van der Waals surface area contributed by atoms with Gasteiger partial charge in [0.2, 0.25) is 0 Å². The molecular weight excluding hydrogens is 348 g/mol. The van der Waals surface area contributed by atoms with Crippen molar-refractivity contribution >= 4 is 29.5 Å². The van der Waals surface area contributed by atoms with E-state index >= 15 is 0 Å². The summed E-state index contributed by atoms with van der Waals surface area (Å²) in [6.07, 6.45) is -3.35. The Kier molecular flexibility index (Phi) is 7.63. The number of hydrogen-bond donors (Lipinski definition) is 0. The van der Waals surface area contributed by atoms with Crippen LogP contribution in [-0.2, 0) is 42.9 Å². The summed E-state index contributed by atoms with van der Waals surface area (Å²) in [6, 6.07) is 0. The van der Waals surface area contributed by atoms with Gasteiger partial charge in [-0.05, 0) is 19.9 Å². The molecule has 9 heteroatoms. The van der Waals surface area contributed by atoms with Gasteiger partial charge in [-0.25, -0.2) is 0 Å². The number of ketones is 2. The highest BCUT2D eigenvalue weighted by molar-refractivity contribution is 6.01. The maximum atomic E-state index is 12.0. The van der Waals surface area contributed by atoms with Crippen LogP contribution >= 0.6 is 0 Å². The fraction of sp³-hybridized carbons (Fsp3) is 0.588. The van der Waals surface area contributed by atoms with Gasteiger partial charge in [0, 0.05) is 26.3 Å². The standard InChI is InChI=1S/C17H22O9/c1-8(18)6-13(9(2)19)15-17(25-12(5)22)16(24-11(4)21)14(26-15)7-23-10(3)20/h6,14-17H,7H2,1-5H3/b13-6+/t14-,15+,16-,17+/m1/s1. The summed E-state index contributed by atoms with van der Waals surface area (Å²) in [5.41, 5.74) is -0.0359. The lowest BCUT2D eigenvalue weighted by atomic mass is 9.97. The summed E-state index contributed by atoms with van der Waals surface area (Å²) in [6.45, 7) is 5.67. The number of Topliss-reactive ketones (excluding diaryl/α,β-unsaturated/α-hetero) is 1. The zero-order valence-electron chi connectivity index (χ0n) is 15.3. The third-order valence-electron chi connectivity index (χ3n) is 3.44. The highest BCUT2D eigenvalue weighted by Crippen LogP contribution is 2.32. The minimum Gasteiger partial charge on any atom is -0.463 e. The van der Waals surface area contributed by atoms with Crippen LogP contribution in [0.25, 0.3) is 0 Å². The van der Waals surface area contributed by atoms with Gasteiger partial charge in [-0.15, -0.1) is 0 Å². The van der Waals surface area contributed by atoms with Crippen LogP contribution in [0.4, 0.5) is 0 Å². The molecule has 26 heavy (non-hydrogen) atoms. The number of rotatable bonds is 7. The van der Waals surface area contributed by atoms with E-state index in [1.807, 2.05) is 0 Å². The predicted octanol–water partition coefficient (Wildman–Crippen LogP) is 0.285. The molecule has 1 heterocycles. The van der Waals surface area contributed by atoms with Gasteiger partial charge in [0.1, 0.15) is 18.8 Å². The average molecular weight is 370 g/mol. The van der Waals surface area contributed by atoms with Crippen LogP contribution < -0.4 is 0 Å². The summed E-state index contributed by atoms with van der Waals surface area (Å²) in [4.78, 5) is 57.4. The molecule has 0 bridgehead atoms. The normalized spacial score (nSPS) is 25.3. The summed E-state index contributed by atoms with van der Waals surface area (Å²) in [5, 5.41) is 0. The molecule has 0 aromatic rings. The van der Waals surface area contributed by atoms with Gasteiger partial charge in [-0.2, -0.15) is 0 Å². The molecule has 0 spiro atoms. The fourth-order valence-corrected chi connectivity index (χ4v) is 2.57. The van der Waals surface area contributed by atoms with Crippen molar-refractivity contribution in [1.82, 2.24) is 0 Å². The predicted molar refractivity (Wildman–Crippen MR) is 85.8 cm³/mol. The molecule has 0 N–H and O–H groups in total. The van der Waals surface area contributed by atoms with Crippen molar-refractivity contribution in [2.24, 2.45) is 0 Å². The molecule has 0 radical (unpaired) electrons. The second-order valence-corrected chi connectivity index (χ2v) is 5.81. The summed E-state index contributed by atoms with van der Waals surface area (Å²) >= 11 is 0. The van der Waals surface area contributed by atoms with Crippen molar-refractivity contribution in [3.8, 4) is 0 Å². The Morgan fingerprint density at radius 1 is 0.846 bits per heavy atom. The molecule has 0 aromatic carbocycles. The van der Waals surface area contributed by atoms with Crippen LogP contribution in [0.5, 0.6) is 0 Å². The molecule has 1 fully saturated rings. The summed E-state index contributed by atoms with van der Waals surface area (Å²) < 4.78 is 21.0. The lowest BCUT2D eigenvalue weighted by Crippen LogP contribution is -2.42. The molecule has 1 rings (SSSR count). The van der Waals surface area contributed by atoms with Crippen molar-refractivity contribution in [3.63, 3.8) is 0 Å². The first kappa shape index (κ1) is 21.5. The smallest absolute Gasteiger partial charge is 0.303 e. The molecule has 144 valence electrons. The molecule has 0 unspecified atom stereocenters. The van der Waals surface area contributed by atoms with E-state index in [2.05, 4.69) is 0 Å². The van der Waals surface area contributed by atoms with Gasteiger partial charge in [0.15, 0.2) is 23.8 Å². The van der Waals surface area contributed by atoms with Crippen LogP contribution in [0, 0.1) is 0 Å². The van der Waals surface area contributed by atoms with Gasteiger partial charge < -0.3 is 18.9 Å². The highest BCUT2D eigenvalue weighted by atomic mass is 16.6. The van der Waals surface area contributed by atoms with Gasteiger partial charge in [-0.1, -0.05) is 0 Å². The first-order valence-corrected chi connectivity index (χ1v) is 7.89. The molecule has 0 aromatic heterocycles. The lowest BCUT2D eigenvalue weighted by molar-refractivity contribution is -0.165. The quantitative estimate of drug-likeness (QED) is 0.353. The Hall–Kier alpha value is -2.55. The Morgan fingerprint density at radius 3 is 1.81 bits per heavy atom. The van der Waals surface area contributed by atoms with Crippen molar-refractivity contribution < 1.29 is 42.9 Å². The molecular formula is C17H22O9. The Labute approximate surface area is 150 Å². The first-order valence-electron chi connectivity index (χ1n) is 7.89. The SMILES string of the molecule is CC(=O)/C=C(\C(C)=O)[C@@H]1O[C@H](COC(C)=O)[C@@H](OC(C)=O)[C@H]1OC(C)=O. The molecule has 1 aliphatic rings. The van der Waals surface area contributed by atoms with Crippen molar-refractivity contribution in [3.05, 3.63) is 11.6 Å². The van der Waals surface area contributed by atoms with E-state index in [1.54, 1.807) is 0 Å². The lowest BCUT2D eigenvalue weighted by Gasteiger charge is -2.23. The Morgan fingerprint density at radius 2 is 1.38 bits per heavy atom. The molecule has 4 atom stereocenters. The number of allylic oxidation sites excluding steroid dienone is 1. The molecule has 9 nitrogen and oxygen atoms in total. The number of esters is 3. The Balaban J connectivity index is 3.29. The molecule has 0 amide bonds. The summed E-state index contributed by atoms with van der Waals surface area (Å²) in [5.74, 6) is -2.84. The Bertz CT molecular complexity index is 634. The third-order valence-corrected chi connectivity index (χ3v) is 3.44. The van der Waals surface area contributed by atoms with E-state index in [4.69, 9.17) is 18.9 Å². The molecule has 0 aliphatic carbocycles. The third kappa shape index (κ3) is 6.07. The fourth-order valence-electron chi connectivity index (χ4n) is 2.57. The zero-order chi connectivity index (χ0) is 20.0. The van der Waals surface area contributed by atoms with E-state index < -0.39 is 53.9 Å².